The smallest absolute Gasteiger partial charge is 0.146 e. The van der Waals surface area contributed by atoms with Gasteiger partial charge in [0.25, 0.3) is 0 Å². The highest BCUT2D eigenvalue weighted by Gasteiger charge is 2.24. The maximum absolute atomic E-state index is 7.38. The Balaban J connectivity index is 2.16. The molecule has 1 atom stereocenters. The SMILES string of the molecule is N=C(N)C1CN(c2ncncc2Br)CCO1. The summed E-state index contributed by atoms with van der Waals surface area (Å²) in [7, 11) is 0. The molecule has 0 amide bonds. The number of morpholine rings is 1. The third-order valence-electron chi connectivity index (χ3n) is 2.36. The first-order chi connectivity index (χ1) is 7.68. The summed E-state index contributed by atoms with van der Waals surface area (Å²) in [6, 6.07) is 0. The molecule has 0 aromatic carbocycles. The van der Waals surface area contributed by atoms with Crippen molar-refractivity contribution in [2.45, 2.75) is 6.10 Å². The molecule has 0 radical (unpaired) electrons. The number of amidine groups is 1. The molecule has 3 N–H and O–H groups in total. The average Bonchev–Trinajstić information content (AvgIpc) is 2.30. The third-order valence-corrected chi connectivity index (χ3v) is 2.92. The highest BCUT2D eigenvalue weighted by molar-refractivity contribution is 9.10. The second kappa shape index (κ2) is 4.75. The minimum Gasteiger partial charge on any atom is -0.385 e. The van der Waals surface area contributed by atoms with Gasteiger partial charge in [-0.25, -0.2) is 9.97 Å². The van der Waals surface area contributed by atoms with Gasteiger partial charge in [0.05, 0.1) is 17.6 Å². The topological polar surface area (TPSA) is 88.1 Å². The van der Waals surface area contributed by atoms with Crippen LogP contribution in [0.25, 0.3) is 0 Å². The lowest BCUT2D eigenvalue weighted by Gasteiger charge is -2.33. The van der Waals surface area contributed by atoms with E-state index in [-0.39, 0.29) is 11.9 Å². The second-order valence-corrected chi connectivity index (χ2v) is 4.31. The molecular weight excluding hydrogens is 274 g/mol. The summed E-state index contributed by atoms with van der Waals surface area (Å²) in [5.41, 5.74) is 5.43. The summed E-state index contributed by atoms with van der Waals surface area (Å²) >= 11 is 3.40. The fourth-order valence-electron chi connectivity index (χ4n) is 1.57. The Morgan fingerprint density at radius 1 is 1.69 bits per heavy atom. The standard InChI is InChI=1S/C9H12BrN5O/c10-6-3-13-5-14-9(6)15-1-2-16-7(4-15)8(11)12/h3,5,7H,1-2,4H2,(H3,11,12). The van der Waals surface area contributed by atoms with Crippen LogP contribution in [0.1, 0.15) is 0 Å². The lowest BCUT2D eigenvalue weighted by molar-refractivity contribution is 0.0822. The second-order valence-electron chi connectivity index (χ2n) is 3.46. The number of nitrogens with two attached hydrogens (primary N) is 1. The zero-order chi connectivity index (χ0) is 11.5. The fraction of sp³-hybridized carbons (Fsp3) is 0.444. The van der Waals surface area contributed by atoms with E-state index in [0.717, 1.165) is 16.8 Å². The molecule has 0 aliphatic carbocycles. The summed E-state index contributed by atoms with van der Waals surface area (Å²) < 4.78 is 6.21. The molecule has 6 nitrogen and oxygen atoms in total. The van der Waals surface area contributed by atoms with Crippen molar-refractivity contribution in [1.82, 2.24) is 9.97 Å². The zero-order valence-electron chi connectivity index (χ0n) is 8.56. The van der Waals surface area contributed by atoms with Crippen LogP contribution < -0.4 is 10.6 Å². The van der Waals surface area contributed by atoms with E-state index in [1.807, 2.05) is 4.90 Å². The van der Waals surface area contributed by atoms with Crippen molar-refractivity contribution < 1.29 is 4.74 Å². The van der Waals surface area contributed by atoms with Crippen LogP contribution in [0.15, 0.2) is 17.0 Å². The molecule has 2 heterocycles. The summed E-state index contributed by atoms with van der Waals surface area (Å²) in [4.78, 5) is 10.1. The van der Waals surface area contributed by atoms with Gasteiger partial charge in [-0.3, -0.25) is 5.41 Å². The third kappa shape index (κ3) is 2.30. The van der Waals surface area contributed by atoms with Crippen LogP contribution >= 0.6 is 15.9 Å². The lowest BCUT2D eigenvalue weighted by Crippen LogP contribution is -2.48. The van der Waals surface area contributed by atoms with Crippen molar-refractivity contribution in [1.29, 1.82) is 5.41 Å². The molecular formula is C9H12BrN5O. The molecule has 0 bridgehead atoms. The van der Waals surface area contributed by atoms with E-state index in [0.29, 0.717) is 13.2 Å². The first-order valence-corrected chi connectivity index (χ1v) is 5.63. The number of nitrogens with one attached hydrogen (secondary N) is 1. The normalized spacial score (nSPS) is 20.8. The van der Waals surface area contributed by atoms with Crippen molar-refractivity contribution in [3.63, 3.8) is 0 Å². The van der Waals surface area contributed by atoms with Gasteiger partial charge in [0, 0.05) is 12.7 Å². The molecule has 7 heteroatoms. The number of halogens is 1. The van der Waals surface area contributed by atoms with Crippen molar-refractivity contribution in [3.05, 3.63) is 17.0 Å². The van der Waals surface area contributed by atoms with E-state index < -0.39 is 0 Å². The molecule has 16 heavy (non-hydrogen) atoms. The highest BCUT2D eigenvalue weighted by atomic mass is 79.9. The Bertz CT molecular complexity index is 399. The van der Waals surface area contributed by atoms with Gasteiger partial charge in [-0.2, -0.15) is 0 Å². The Labute approximate surface area is 101 Å². The van der Waals surface area contributed by atoms with Crippen molar-refractivity contribution in [3.8, 4) is 0 Å². The van der Waals surface area contributed by atoms with Gasteiger partial charge in [0.2, 0.25) is 0 Å². The van der Waals surface area contributed by atoms with Crippen LogP contribution in [0.3, 0.4) is 0 Å². The first-order valence-electron chi connectivity index (χ1n) is 4.84. The van der Waals surface area contributed by atoms with E-state index in [2.05, 4.69) is 25.9 Å². The van der Waals surface area contributed by atoms with Crippen molar-refractivity contribution >= 4 is 27.6 Å². The molecule has 1 aliphatic heterocycles. The van der Waals surface area contributed by atoms with Gasteiger partial charge >= 0.3 is 0 Å². The Kier molecular flexibility index (Phi) is 3.35. The summed E-state index contributed by atoms with van der Waals surface area (Å²) in [5.74, 6) is 0.861. The van der Waals surface area contributed by atoms with Crippen molar-refractivity contribution in [2.24, 2.45) is 5.73 Å². The number of rotatable bonds is 2. The van der Waals surface area contributed by atoms with Gasteiger partial charge in [-0.05, 0) is 15.9 Å². The minimum absolute atomic E-state index is 0.0508. The highest BCUT2D eigenvalue weighted by Crippen LogP contribution is 2.23. The van der Waals surface area contributed by atoms with E-state index in [9.17, 15) is 0 Å². The van der Waals surface area contributed by atoms with Gasteiger partial charge in [0.15, 0.2) is 0 Å². The van der Waals surface area contributed by atoms with Crippen LogP contribution in [-0.2, 0) is 4.74 Å². The molecule has 1 unspecified atom stereocenters. The van der Waals surface area contributed by atoms with Gasteiger partial charge in [0.1, 0.15) is 24.1 Å². The lowest BCUT2D eigenvalue weighted by atomic mass is 10.2. The van der Waals surface area contributed by atoms with Crippen LogP contribution in [0.4, 0.5) is 5.82 Å². The number of ether oxygens (including phenoxy) is 1. The minimum atomic E-state index is -0.351. The Hall–Kier alpha value is -1.21. The number of hydrogen-bond acceptors (Lipinski definition) is 5. The van der Waals surface area contributed by atoms with Crippen LogP contribution in [-0.4, -0.2) is 41.6 Å². The summed E-state index contributed by atoms with van der Waals surface area (Å²) in [6.07, 6.45) is 2.84. The predicted molar refractivity (Wildman–Crippen MR) is 63.6 cm³/mol. The van der Waals surface area contributed by atoms with E-state index in [1.54, 1.807) is 6.20 Å². The van der Waals surface area contributed by atoms with Gasteiger partial charge < -0.3 is 15.4 Å². The molecule has 86 valence electrons. The molecule has 1 saturated heterocycles. The predicted octanol–water partition coefficient (Wildman–Crippen LogP) is 0.380. The molecule has 0 spiro atoms. The van der Waals surface area contributed by atoms with Crippen molar-refractivity contribution in [2.75, 3.05) is 24.6 Å². The summed E-state index contributed by atoms with van der Waals surface area (Å²) in [6.45, 7) is 1.82. The van der Waals surface area contributed by atoms with Crippen LogP contribution in [0, 0.1) is 5.41 Å². The fourth-order valence-corrected chi connectivity index (χ4v) is 2.04. The first kappa shape index (κ1) is 11.3. The van der Waals surface area contributed by atoms with Crippen LogP contribution in [0.5, 0.6) is 0 Å². The average molecular weight is 286 g/mol. The molecule has 1 aliphatic rings. The number of hydrogen-bond donors (Lipinski definition) is 2. The Morgan fingerprint density at radius 3 is 3.19 bits per heavy atom. The molecule has 2 rings (SSSR count). The number of anilines is 1. The molecule has 0 saturated carbocycles. The quantitative estimate of drug-likeness (QED) is 0.606. The molecule has 1 aromatic heterocycles. The largest absolute Gasteiger partial charge is 0.385 e. The number of nitrogens with zero attached hydrogens (tertiary/aromatic N) is 3. The Morgan fingerprint density at radius 2 is 2.50 bits per heavy atom. The molecule has 1 aromatic rings. The van der Waals surface area contributed by atoms with Gasteiger partial charge in [-0.15, -0.1) is 0 Å². The maximum atomic E-state index is 7.38. The van der Waals surface area contributed by atoms with E-state index >= 15 is 0 Å². The summed E-state index contributed by atoms with van der Waals surface area (Å²) in [5, 5.41) is 7.38. The van der Waals surface area contributed by atoms with Crippen LogP contribution in [0.2, 0.25) is 0 Å². The van der Waals surface area contributed by atoms with E-state index in [4.69, 9.17) is 15.9 Å². The maximum Gasteiger partial charge on any atom is 0.146 e. The number of aromatic nitrogens is 2. The van der Waals surface area contributed by atoms with E-state index in [1.165, 1.54) is 6.33 Å². The monoisotopic (exact) mass is 285 g/mol. The van der Waals surface area contributed by atoms with Gasteiger partial charge in [-0.1, -0.05) is 0 Å². The molecule has 1 fully saturated rings. The zero-order valence-corrected chi connectivity index (χ0v) is 10.1.